The van der Waals surface area contributed by atoms with Crippen LogP contribution in [0.15, 0.2) is 244 Å². The van der Waals surface area contributed by atoms with Gasteiger partial charge in [0.25, 0.3) is 0 Å². The number of allylic oxidation sites excluding steroid dienone is 1. The van der Waals surface area contributed by atoms with E-state index in [-0.39, 0.29) is 46.5 Å². The molecule has 0 spiro atoms. The minimum Gasteiger partial charge on any atom is -0.511 e. The number of sulfone groups is 4. The molecular weight excluding hydrogens is 1380 g/mol. The van der Waals surface area contributed by atoms with Gasteiger partial charge >= 0.3 is 0 Å². The highest BCUT2D eigenvalue weighted by molar-refractivity contribution is 7.92. The molecule has 0 amide bonds. The highest BCUT2D eigenvalue weighted by Gasteiger charge is 2.52. The fourth-order valence-electron chi connectivity index (χ4n) is 16.9. The molecule has 0 aromatic heterocycles. The zero-order chi connectivity index (χ0) is 75.1. The van der Waals surface area contributed by atoms with E-state index in [1.54, 1.807) is 54.6 Å². The fourth-order valence-corrected chi connectivity index (χ4v) is 25.9. The van der Waals surface area contributed by atoms with Crippen LogP contribution in [0.5, 0.6) is 0 Å². The SMILES string of the molecule is CCCC[C@]1(CC)CS(=O)(=O)c2ccccc2C(c2ccccc2)=C1O.CCCC[C@]1(CC)CS(=O)(=O)c2ccccc2[C@@H](c2ccccc2)[C@@H]1O.CCCC[C@]1(CC)CS(=O)(=O)c2ccccc2[C@@H](c2ccccc2)[C@H]1O.CCCC[C@]1(CC)CS(=O)(=O)c2ccccc2[C@H](c2ccccc2)[C@@H]1O. The maximum absolute atomic E-state index is 13.2. The van der Waals surface area contributed by atoms with Crippen LogP contribution >= 0.6 is 0 Å². The van der Waals surface area contributed by atoms with Gasteiger partial charge in [0, 0.05) is 50.6 Å². The molecule has 4 N–H and O–H groups in total. The smallest absolute Gasteiger partial charge is 0.179 e. The zero-order valence-electron chi connectivity index (χ0n) is 62.1. The first-order valence-corrected chi connectivity index (χ1v) is 44.4. The number of benzene rings is 8. The molecule has 0 saturated heterocycles. The van der Waals surface area contributed by atoms with Crippen LogP contribution in [0.25, 0.3) is 5.57 Å². The second-order valence-electron chi connectivity index (χ2n) is 29.4. The van der Waals surface area contributed by atoms with Crippen molar-refractivity contribution in [3.8, 4) is 0 Å². The van der Waals surface area contributed by atoms with E-state index in [2.05, 4.69) is 27.7 Å². The predicted octanol–water partition coefficient (Wildman–Crippen LogP) is 19.0. The Morgan fingerprint density at radius 3 is 0.894 bits per heavy atom. The van der Waals surface area contributed by atoms with Crippen LogP contribution in [-0.2, 0) is 39.3 Å². The van der Waals surface area contributed by atoms with Crippen molar-refractivity contribution in [2.75, 3.05) is 23.0 Å². The van der Waals surface area contributed by atoms with Crippen LogP contribution in [0.2, 0.25) is 0 Å². The van der Waals surface area contributed by atoms with Crippen LogP contribution in [0, 0.1) is 21.7 Å². The van der Waals surface area contributed by atoms with E-state index < -0.39 is 79.3 Å². The summed E-state index contributed by atoms with van der Waals surface area (Å²) in [5.74, 6) is -0.790. The van der Waals surface area contributed by atoms with Crippen LogP contribution in [-0.4, -0.2) is 95.4 Å². The molecule has 104 heavy (non-hydrogen) atoms. The van der Waals surface area contributed by atoms with E-state index in [0.29, 0.717) is 62.8 Å². The van der Waals surface area contributed by atoms with Crippen molar-refractivity contribution in [3.63, 3.8) is 0 Å². The standard InChI is InChI=1S/3C22H28O3S.C22H26O3S/c4*1-3-5-15-22(4-2)16-26(24,25)19-14-10-9-13-18(19)20(21(22)23)17-11-7-6-8-12-17/h3*6-14,20-21,23H,3-5,15-16H2,1-2H3;6-14,23H,3-5,15-16H2,1-2H3/t20-,21+,22-;20-,21-,22+;20-,21-,22-;22-/m1011/s1. The second kappa shape index (κ2) is 35.1. The predicted molar refractivity (Wildman–Crippen MR) is 421 cm³/mol. The summed E-state index contributed by atoms with van der Waals surface area (Å²) in [6.07, 6.45) is 10.7. The van der Waals surface area contributed by atoms with Gasteiger partial charge in [0.1, 0.15) is 5.76 Å². The molecule has 0 saturated carbocycles. The van der Waals surface area contributed by atoms with E-state index in [9.17, 15) is 54.1 Å². The van der Waals surface area contributed by atoms with E-state index in [1.807, 2.05) is 191 Å². The molecule has 4 aliphatic heterocycles. The van der Waals surface area contributed by atoms with Gasteiger partial charge in [0.2, 0.25) is 0 Å². The van der Waals surface area contributed by atoms with Gasteiger partial charge in [-0.3, -0.25) is 0 Å². The number of aliphatic hydroxyl groups excluding tert-OH is 4. The molecule has 10 atom stereocenters. The van der Waals surface area contributed by atoms with E-state index >= 15 is 0 Å². The first-order chi connectivity index (χ1) is 49.8. The summed E-state index contributed by atoms with van der Waals surface area (Å²) in [6.45, 7) is 16.4. The molecule has 16 heteroatoms. The number of hydrogen-bond donors (Lipinski definition) is 4. The minimum absolute atomic E-state index is 0.0119. The Morgan fingerprint density at radius 1 is 0.317 bits per heavy atom. The Balaban J connectivity index is 0.000000161. The van der Waals surface area contributed by atoms with Gasteiger partial charge in [-0.1, -0.05) is 301 Å². The van der Waals surface area contributed by atoms with Crippen molar-refractivity contribution in [1.29, 1.82) is 0 Å². The lowest BCUT2D eigenvalue weighted by molar-refractivity contribution is 0.0173. The van der Waals surface area contributed by atoms with Crippen LogP contribution in [0.1, 0.15) is 220 Å². The van der Waals surface area contributed by atoms with Crippen LogP contribution in [0.3, 0.4) is 0 Å². The Bertz CT molecular complexity index is 4260. The van der Waals surface area contributed by atoms with Gasteiger partial charge in [-0.2, -0.15) is 0 Å². The Hall–Kier alpha value is -7.02. The third-order valence-electron chi connectivity index (χ3n) is 23.1. The third-order valence-corrected chi connectivity index (χ3v) is 31.1. The molecule has 0 bridgehead atoms. The molecule has 12 rings (SSSR count). The molecule has 12 nitrogen and oxygen atoms in total. The molecule has 8 aromatic rings. The highest BCUT2D eigenvalue weighted by atomic mass is 32.2. The summed E-state index contributed by atoms with van der Waals surface area (Å²) < 4.78 is 106. The van der Waals surface area contributed by atoms with Gasteiger partial charge in [-0.25, -0.2) is 33.7 Å². The zero-order valence-corrected chi connectivity index (χ0v) is 65.3. The summed E-state index contributed by atoms with van der Waals surface area (Å²) in [5.41, 5.74) is 4.54. The van der Waals surface area contributed by atoms with Gasteiger partial charge in [0.05, 0.1) is 60.9 Å². The lowest BCUT2D eigenvalue weighted by Gasteiger charge is -2.39. The molecule has 8 aromatic carbocycles. The lowest BCUT2D eigenvalue weighted by atomic mass is 9.69. The number of unbranched alkanes of at least 4 members (excludes halogenated alkanes) is 4. The molecular formula is C88H110O12S4. The van der Waals surface area contributed by atoms with Gasteiger partial charge in [-0.05, 0) is 115 Å². The van der Waals surface area contributed by atoms with Crippen molar-refractivity contribution in [2.45, 2.75) is 214 Å². The fraction of sp³-hybridized carbons (Fsp3) is 0.432. The number of fused-ring (bicyclic) bond motifs is 4. The van der Waals surface area contributed by atoms with Crippen molar-refractivity contribution in [2.24, 2.45) is 21.7 Å². The molecule has 0 fully saturated rings. The van der Waals surface area contributed by atoms with Crippen molar-refractivity contribution < 1.29 is 54.1 Å². The van der Waals surface area contributed by atoms with E-state index in [1.165, 1.54) is 0 Å². The summed E-state index contributed by atoms with van der Waals surface area (Å²) in [7, 11) is -13.9. The molecule has 558 valence electrons. The Labute approximate surface area is 621 Å². The maximum Gasteiger partial charge on any atom is 0.179 e. The average molecular weight is 1490 g/mol. The lowest BCUT2D eigenvalue weighted by Crippen LogP contribution is -2.42. The quantitative estimate of drug-likeness (QED) is 0.0560. The molecule has 0 unspecified atom stereocenters. The van der Waals surface area contributed by atoms with Crippen molar-refractivity contribution >= 4 is 44.9 Å². The summed E-state index contributed by atoms with van der Waals surface area (Å²) in [6, 6.07) is 67.7. The number of rotatable bonds is 20. The number of hydrogen-bond acceptors (Lipinski definition) is 12. The summed E-state index contributed by atoms with van der Waals surface area (Å²) in [5, 5.41) is 46.1. The molecule has 0 radical (unpaired) electrons. The number of aliphatic hydroxyl groups is 4. The van der Waals surface area contributed by atoms with Crippen molar-refractivity contribution in [1.82, 2.24) is 0 Å². The Morgan fingerprint density at radius 2 is 0.587 bits per heavy atom. The largest absolute Gasteiger partial charge is 0.511 e. The molecule has 0 aliphatic carbocycles. The molecule has 4 aliphatic rings. The first kappa shape index (κ1) is 81.1. The average Bonchev–Trinajstić information content (AvgIpc) is 1.62. The summed E-state index contributed by atoms with van der Waals surface area (Å²) in [4.78, 5) is 1.44. The van der Waals surface area contributed by atoms with E-state index in [0.717, 1.165) is 110 Å². The first-order valence-electron chi connectivity index (χ1n) is 37.8. The monoisotopic (exact) mass is 1490 g/mol. The topological polar surface area (TPSA) is 217 Å². The van der Waals surface area contributed by atoms with Crippen LogP contribution in [0.4, 0.5) is 0 Å². The van der Waals surface area contributed by atoms with E-state index in [4.69, 9.17) is 0 Å². The maximum atomic E-state index is 13.2. The van der Waals surface area contributed by atoms with Gasteiger partial charge < -0.3 is 20.4 Å². The van der Waals surface area contributed by atoms with Gasteiger partial charge in [-0.15, -0.1) is 0 Å². The molecule has 4 heterocycles. The second-order valence-corrected chi connectivity index (χ2v) is 37.3. The van der Waals surface area contributed by atoms with Gasteiger partial charge in [0.15, 0.2) is 39.3 Å². The van der Waals surface area contributed by atoms with Crippen LogP contribution < -0.4 is 0 Å². The minimum atomic E-state index is -3.50. The summed E-state index contributed by atoms with van der Waals surface area (Å²) >= 11 is 0. The Kier molecular flexibility index (Phi) is 27.4. The highest BCUT2D eigenvalue weighted by Crippen LogP contribution is 2.53. The normalized spacial score (nSPS) is 26.1. The third kappa shape index (κ3) is 17.2. The van der Waals surface area contributed by atoms with Crippen molar-refractivity contribution in [3.05, 3.63) is 269 Å².